The Hall–Kier alpha value is -2.96. The summed E-state index contributed by atoms with van der Waals surface area (Å²) in [5.74, 6) is 1.36. The molecule has 22 heavy (non-hydrogen) atoms. The van der Waals surface area contributed by atoms with Gasteiger partial charge in [0.05, 0.1) is 19.0 Å². The SMILES string of the molecule is COc1ccc(/C=N/n2cnnc2-n2nc(C)cc2C)cc1. The van der Waals surface area contributed by atoms with Crippen LogP contribution in [0.25, 0.3) is 5.95 Å². The van der Waals surface area contributed by atoms with Gasteiger partial charge in [-0.3, -0.25) is 0 Å². The van der Waals surface area contributed by atoms with Crippen molar-refractivity contribution in [3.8, 4) is 11.7 Å². The second-order valence-electron chi connectivity index (χ2n) is 4.83. The highest BCUT2D eigenvalue weighted by Crippen LogP contribution is 2.11. The smallest absolute Gasteiger partial charge is 0.273 e. The third kappa shape index (κ3) is 2.73. The van der Waals surface area contributed by atoms with Crippen LogP contribution in [0.2, 0.25) is 0 Å². The summed E-state index contributed by atoms with van der Waals surface area (Å²) >= 11 is 0. The van der Waals surface area contributed by atoms with Crippen LogP contribution in [0.3, 0.4) is 0 Å². The van der Waals surface area contributed by atoms with Crippen LogP contribution in [0.1, 0.15) is 17.0 Å². The average Bonchev–Trinajstić information content (AvgIpc) is 3.11. The lowest BCUT2D eigenvalue weighted by Gasteiger charge is -2.02. The van der Waals surface area contributed by atoms with Crippen molar-refractivity contribution in [1.82, 2.24) is 24.7 Å². The zero-order valence-electron chi connectivity index (χ0n) is 12.6. The minimum absolute atomic E-state index is 0.551. The summed E-state index contributed by atoms with van der Waals surface area (Å²) in [6.45, 7) is 3.90. The topological polar surface area (TPSA) is 70.1 Å². The molecule has 3 aromatic rings. The van der Waals surface area contributed by atoms with E-state index in [-0.39, 0.29) is 0 Å². The van der Waals surface area contributed by atoms with Gasteiger partial charge in [0.1, 0.15) is 12.1 Å². The quantitative estimate of drug-likeness (QED) is 0.690. The van der Waals surface area contributed by atoms with E-state index < -0.39 is 0 Å². The molecule has 0 bridgehead atoms. The fourth-order valence-electron chi connectivity index (χ4n) is 2.09. The van der Waals surface area contributed by atoms with E-state index in [0.717, 1.165) is 22.7 Å². The van der Waals surface area contributed by atoms with E-state index in [4.69, 9.17) is 4.74 Å². The predicted molar refractivity (Wildman–Crippen MR) is 82.6 cm³/mol. The summed E-state index contributed by atoms with van der Waals surface area (Å²) < 4.78 is 8.43. The van der Waals surface area contributed by atoms with Gasteiger partial charge >= 0.3 is 0 Å². The highest BCUT2D eigenvalue weighted by atomic mass is 16.5. The molecule has 0 fully saturated rings. The number of methoxy groups -OCH3 is 1. The lowest BCUT2D eigenvalue weighted by molar-refractivity contribution is 0.415. The van der Waals surface area contributed by atoms with Crippen LogP contribution in [0.4, 0.5) is 0 Å². The molecule has 2 aromatic heterocycles. The highest BCUT2D eigenvalue weighted by molar-refractivity contribution is 5.79. The van der Waals surface area contributed by atoms with Crippen molar-refractivity contribution in [3.05, 3.63) is 53.6 Å². The lowest BCUT2D eigenvalue weighted by atomic mass is 10.2. The Balaban J connectivity index is 1.88. The molecule has 112 valence electrons. The number of aryl methyl sites for hydroxylation is 2. The molecule has 0 unspecified atom stereocenters. The molecule has 0 aliphatic heterocycles. The maximum absolute atomic E-state index is 5.13. The molecular weight excluding hydrogens is 280 g/mol. The second-order valence-corrected chi connectivity index (χ2v) is 4.83. The van der Waals surface area contributed by atoms with Gasteiger partial charge in [-0.25, -0.2) is 4.68 Å². The number of benzene rings is 1. The fourth-order valence-corrected chi connectivity index (χ4v) is 2.09. The van der Waals surface area contributed by atoms with Crippen LogP contribution in [0.15, 0.2) is 41.8 Å². The monoisotopic (exact) mass is 296 g/mol. The molecule has 0 aliphatic rings. The third-order valence-electron chi connectivity index (χ3n) is 3.16. The van der Waals surface area contributed by atoms with Crippen molar-refractivity contribution in [2.24, 2.45) is 5.10 Å². The van der Waals surface area contributed by atoms with E-state index in [2.05, 4.69) is 20.4 Å². The number of aromatic nitrogens is 5. The first-order chi connectivity index (χ1) is 10.7. The summed E-state index contributed by atoms with van der Waals surface area (Å²) in [6.07, 6.45) is 3.28. The Bertz CT molecular complexity index is 800. The Morgan fingerprint density at radius 2 is 1.95 bits per heavy atom. The van der Waals surface area contributed by atoms with Gasteiger partial charge in [0.2, 0.25) is 0 Å². The number of nitrogens with zero attached hydrogens (tertiary/aromatic N) is 6. The van der Waals surface area contributed by atoms with Gasteiger partial charge in [-0.2, -0.15) is 14.9 Å². The van der Waals surface area contributed by atoms with Gasteiger partial charge in [-0.15, -0.1) is 10.2 Å². The number of hydrogen-bond acceptors (Lipinski definition) is 5. The van der Waals surface area contributed by atoms with E-state index in [0.29, 0.717) is 5.95 Å². The molecule has 7 nitrogen and oxygen atoms in total. The summed E-state index contributed by atoms with van der Waals surface area (Å²) in [5.41, 5.74) is 2.85. The highest BCUT2D eigenvalue weighted by Gasteiger charge is 2.10. The average molecular weight is 296 g/mol. The van der Waals surface area contributed by atoms with Gasteiger partial charge in [0, 0.05) is 5.69 Å². The van der Waals surface area contributed by atoms with Gasteiger partial charge < -0.3 is 4.74 Å². The molecular formula is C15H16N6O. The van der Waals surface area contributed by atoms with E-state index in [9.17, 15) is 0 Å². The molecule has 0 aliphatic carbocycles. The molecule has 2 heterocycles. The molecule has 0 saturated carbocycles. The first kappa shape index (κ1) is 14.0. The fraction of sp³-hybridized carbons (Fsp3) is 0.200. The molecule has 0 saturated heterocycles. The summed E-state index contributed by atoms with van der Waals surface area (Å²) in [6, 6.07) is 9.60. The van der Waals surface area contributed by atoms with Crippen LogP contribution >= 0.6 is 0 Å². The number of rotatable bonds is 4. The van der Waals surface area contributed by atoms with Gasteiger partial charge in [0.25, 0.3) is 5.95 Å². The van der Waals surface area contributed by atoms with Crippen molar-refractivity contribution >= 4 is 6.21 Å². The van der Waals surface area contributed by atoms with Crippen molar-refractivity contribution in [1.29, 1.82) is 0 Å². The summed E-state index contributed by atoms with van der Waals surface area (Å²) in [7, 11) is 1.64. The Labute approximate surface area is 127 Å². The van der Waals surface area contributed by atoms with E-state index in [1.165, 1.54) is 0 Å². The van der Waals surface area contributed by atoms with Crippen molar-refractivity contribution in [3.63, 3.8) is 0 Å². The van der Waals surface area contributed by atoms with E-state index in [1.54, 1.807) is 29.0 Å². The van der Waals surface area contributed by atoms with Gasteiger partial charge in [-0.05, 0) is 49.7 Å². The minimum Gasteiger partial charge on any atom is -0.497 e. The number of ether oxygens (including phenoxy) is 1. The Kier molecular flexibility index (Phi) is 3.69. The minimum atomic E-state index is 0.551. The molecule has 3 rings (SSSR count). The standard InChI is InChI=1S/C15H16N6O/c1-11-8-12(2)21(19-11)15-18-16-10-20(15)17-9-13-4-6-14(22-3)7-5-13/h4-10H,1-3H3/b17-9+. The Morgan fingerprint density at radius 1 is 1.18 bits per heavy atom. The molecule has 7 heteroatoms. The molecule has 0 N–H and O–H groups in total. The normalized spacial score (nSPS) is 11.2. The van der Waals surface area contributed by atoms with Gasteiger partial charge in [0.15, 0.2) is 0 Å². The van der Waals surface area contributed by atoms with Gasteiger partial charge in [-0.1, -0.05) is 0 Å². The molecule has 0 radical (unpaired) electrons. The van der Waals surface area contributed by atoms with E-state index >= 15 is 0 Å². The maximum atomic E-state index is 5.13. The van der Waals surface area contributed by atoms with Crippen LogP contribution in [-0.4, -0.2) is 38.0 Å². The second kappa shape index (κ2) is 5.80. The first-order valence-corrected chi connectivity index (χ1v) is 6.79. The van der Waals surface area contributed by atoms with Crippen molar-refractivity contribution in [2.75, 3.05) is 7.11 Å². The Morgan fingerprint density at radius 3 is 2.59 bits per heavy atom. The van der Waals surface area contributed by atoms with Crippen LogP contribution in [0, 0.1) is 13.8 Å². The van der Waals surface area contributed by atoms with Crippen LogP contribution in [0.5, 0.6) is 5.75 Å². The summed E-state index contributed by atoms with van der Waals surface area (Å²) in [4.78, 5) is 0. The molecule has 0 amide bonds. The first-order valence-electron chi connectivity index (χ1n) is 6.79. The van der Waals surface area contributed by atoms with Crippen LogP contribution in [-0.2, 0) is 0 Å². The maximum Gasteiger partial charge on any atom is 0.273 e. The zero-order chi connectivity index (χ0) is 15.5. The molecule has 0 spiro atoms. The zero-order valence-corrected chi connectivity index (χ0v) is 12.6. The summed E-state index contributed by atoms with van der Waals surface area (Å²) in [5, 5.41) is 16.8. The lowest BCUT2D eigenvalue weighted by Crippen LogP contribution is -2.06. The number of hydrogen-bond donors (Lipinski definition) is 0. The van der Waals surface area contributed by atoms with Crippen LogP contribution < -0.4 is 4.74 Å². The third-order valence-corrected chi connectivity index (χ3v) is 3.16. The van der Waals surface area contributed by atoms with E-state index in [1.807, 2.05) is 44.2 Å². The van der Waals surface area contributed by atoms with Crippen molar-refractivity contribution in [2.45, 2.75) is 13.8 Å². The molecule has 0 atom stereocenters. The largest absolute Gasteiger partial charge is 0.497 e. The predicted octanol–water partition coefficient (Wildman–Crippen LogP) is 1.97. The molecule has 1 aromatic carbocycles. The van der Waals surface area contributed by atoms with Crippen molar-refractivity contribution < 1.29 is 4.74 Å².